The van der Waals surface area contributed by atoms with Crippen molar-refractivity contribution in [2.75, 3.05) is 6.54 Å². The molecular weight excluding hydrogens is 292 g/mol. The van der Waals surface area contributed by atoms with Gasteiger partial charge in [-0.2, -0.15) is 0 Å². The minimum atomic E-state index is -0.293. The molecule has 2 aliphatic rings. The second-order valence-electron chi connectivity index (χ2n) is 6.70. The predicted octanol–water partition coefficient (Wildman–Crippen LogP) is 2.72. The summed E-state index contributed by atoms with van der Waals surface area (Å²) < 4.78 is 5.31. The van der Waals surface area contributed by atoms with Gasteiger partial charge in [-0.25, -0.2) is 4.79 Å². The molecule has 1 aromatic rings. The van der Waals surface area contributed by atoms with Crippen molar-refractivity contribution in [3.8, 4) is 0 Å². The Kier molecular flexibility index (Phi) is 4.28. The van der Waals surface area contributed by atoms with Crippen molar-refractivity contribution in [1.29, 1.82) is 0 Å². The lowest BCUT2D eigenvalue weighted by Gasteiger charge is -2.26. The van der Waals surface area contributed by atoms with Crippen molar-refractivity contribution in [3.05, 3.63) is 35.4 Å². The lowest BCUT2D eigenvalue weighted by atomic mass is 10.1. The Morgan fingerprint density at radius 2 is 2.04 bits per heavy atom. The molecular formula is C18H24N2O3. The van der Waals surface area contributed by atoms with E-state index in [0.717, 1.165) is 6.42 Å². The second kappa shape index (κ2) is 6.22. The molecule has 0 radical (unpaired) electrons. The lowest BCUT2D eigenvalue weighted by molar-refractivity contribution is -0.129. The maximum absolute atomic E-state index is 12.4. The first-order valence-electron chi connectivity index (χ1n) is 8.28. The first-order valence-corrected chi connectivity index (χ1v) is 8.28. The van der Waals surface area contributed by atoms with Gasteiger partial charge in [0.2, 0.25) is 5.91 Å². The largest absolute Gasteiger partial charge is 0.447 e. The van der Waals surface area contributed by atoms with Crippen LogP contribution in [0.2, 0.25) is 0 Å². The average molecular weight is 316 g/mol. The summed E-state index contributed by atoms with van der Waals surface area (Å²) in [6.45, 7) is 7.04. The van der Waals surface area contributed by atoms with Crippen LogP contribution in [0.3, 0.4) is 0 Å². The molecule has 0 spiro atoms. The van der Waals surface area contributed by atoms with Gasteiger partial charge in [0.05, 0.1) is 18.2 Å². The van der Waals surface area contributed by atoms with E-state index in [1.165, 1.54) is 11.1 Å². The maximum atomic E-state index is 12.4. The summed E-state index contributed by atoms with van der Waals surface area (Å²) in [5.74, 6) is 0.130. The third kappa shape index (κ3) is 3.05. The number of hydrogen-bond donors (Lipinski definition) is 0. The molecule has 0 N–H and O–H groups in total. The van der Waals surface area contributed by atoms with Crippen LogP contribution in [0.1, 0.15) is 37.8 Å². The van der Waals surface area contributed by atoms with Crippen LogP contribution in [0, 0.1) is 6.92 Å². The van der Waals surface area contributed by atoms with Crippen molar-refractivity contribution in [1.82, 2.24) is 9.80 Å². The van der Waals surface area contributed by atoms with Gasteiger partial charge >= 0.3 is 6.09 Å². The Balaban J connectivity index is 1.73. The number of aryl methyl sites for hydroxylation is 1. The van der Waals surface area contributed by atoms with Crippen LogP contribution in [0.4, 0.5) is 4.79 Å². The van der Waals surface area contributed by atoms with E-state index in [1.807, 2.05) is 30.9 Å². The van der Waals surface area contributed by atoms with E-state index in [9.17, 15) is 9.59 Å². The monoisotopic (exact) mass is 316 g/mol. The molecule has 2 heterocycles. The van der Waals surface area contributed by atoms with Gasteiger partial charge in [0, 0.05) is 19.5 Å². The van der Waals surface area contributed by atoms with Gasteiger partial charge in [-0.15, -0.1) is 0 Å². The molecule has 2 fully saturated rings. The van der Waals surface area contributed by atoms with Gasteiger partial charge in [-0.05, 0) is 38.3 Å². The zero-order chi connectivity index (χ0) is 16.6. The number of hydrogen-bond acceptors (Lipinski definition) is 3. The topological polar surface area (TPSA) is 49.9 Å². The first-order chi connectivity index (χ1) is 11.0. The van der Waals surface area contributed by atoms with Gasteiger partial charge in [-0.1, -0.05) is 24.3 Å². The van der Waals surface area contributed by atoms with Crippen molar-refractivity contribution >= 4 is 12.0 Å². The molecule has 3 rings (SSSR count). The van der Waals surface area contributed by atoms with Crippen LogP contribution in [-0.2, 0) is 16.1 Å². The molecule has 2 saturated heterocycles. The molecule has 2 amide bonds. The van der Waals surface area contributed by atoms with Crippen LogP contribution in [0.5, 0.6) is 0 Å². The molecule has 0 unspecified atom stereocenters. The predicted molar refractivity (Wildman–Crippen MR) is 86.9 cm³/mol. The minimum absolute atomic E-state index is 0.0437. The molecule has 5 nitrogen and oxygen atoms in total. The molecule has 0 bridgehead atoms. The van der Waals surface area contributed by atoms with E-state index in [0.29, 0.717) is 19.5 Å². The smallest absolute Gasteiger partial charge is 0.410 e. The molecule has 0 saturated carbocycles. The Morgan fingerprint density at radius 1 is 1.30 bits per heavy atom. The number of benzene rings is 1. The normalized spacial score (nSPS) is 23.6. The third-order valence-electron chi connectivity index (χ3n) is 4.79. The zero-order valence-electron chi connectivity index (χ0n) is 14.0. The van der Waals surface area contributed by atoms with Crippen LogP contribution in [0.25, 0.3) is 0 Å². The van der Waals surface area contributed by atoms with Crippen LogP contribution in [0.15, 0.2) is 24.3 Å². The Hall–Kier alpha value is -2.04. The van der Waals surface area contributed by atoms with E-state index in [1.54, 1.807) is 4.90 Å². The lowest BCUT2D eigenvalue weighted by Crippen LogP contribution is -2.40. The quantitative estimate of drug-likeness (QED) is 0.861. The van der Waals surface area contributed by atoms with E-state index in [2.05, 4.69) is 19.1 Å². The summed E-state index contributed by atoms with van der Waals surface area (Å²) in [5, 5.41) is 0. The Labute approximate surface area is 137 Å². The number of likely N-dealkylation sites (tertiary alicyclic amines) is 2. The maximum Gasteiger partial charge on any atom is 0.410 e. The van der Waals surface area contributed by atoms with Crippen molar-refractivity contribution < 1.29 is 14.3 Å². The third-order valence-corrected chi connectivity index (χ3v) is 4.79. The van der Waals surface area contributed by atoms with Gasteiger partial charge in [0.15, 0.2) is 0 Å². The average Bonchev–Trinajstić information content (AvgIpc) is 3.01. The number of carbonyl (C=O) groups is 2. The minimum Gasteiger partial charge on any atom is -0.447 e. The molecule has 2 atom stereocenters. The molecule has 0 aromatic heterocycles. The summed E-state index contributed by atoms with van der Waals surface area (Å²) in [7, 11) is 0. The molecule has 2 aliphatic heterocycles. The van der Waals surface area contributed by atoms with E-state index >= 15 is 0 Å². The summed E-state index contributed by atoms with van der Waals surface area (Å²) in [6, 6.07) is 8.21. The number of fused-ring (bicyclic) bond motifs is 1. The number of ether oxygens (including phenoxy) is 1. The molecule has 23 heavy (non-hydrogen) atoms. The van der Waals surface area contributed by atoms with Crippen molar-refractivity contribution in [3.63, 3.8) is 0 Å². The number of carbonyl (C=O) groups excluding carboxylic acids is 2. The standard InChI is InChI=1S/C18H24N2O3/c1-12(2)23-18(22)19-9-8-15-16(19)10-17(21)20(15)11-14-7-5-4-6-13(14)3/h4-7,12,15-16H,8-11H2,1-3H3/t15-,16-/m0/s1. The zero-order valence-corrected chi connectivity index (χ0v) is 14.0. The van der Waals surface area contributed by atoms with Crippen LogP contribution >= 0.6 is 0 Å². The summed E-state index contributed by atoms with van der Waals surface area (Å²) >= 11 is 0. The summed E-state index contributed by atoms with van der Waals surface area (Å²) in [6.07, 6.45) is 0.805. The summed E-state index contributed by atoms with van der Waals surface area (Å²) in [5.41, 5.74) is 2.36. The Bertz CT molecular complexity index is 614. The number of nitrogens with zero attached hydrogens (tertiary/aromatic N) is 2. The second-order valence-corrected chi connectivity index (χ2v) is 6.70. The molecule has 0 aliphatic carbocycles. The highest BCUT2D eigenvalue weighted by Gasteiger charge is 2.48. The van der Waals surface area contributed by atoms with Crippen LogP contribution in [-0.4, -0.2) is 46.5 Å². The molecule has 1 aromatic carbocycles. The fraction of sp³-hybridized carbons (Fsp3) is 0.556. The summed E-state index contributed by atoms with van der Waals surface area (Å²) in [4.78, 5) is 28.3. The highest BCUT2D eigenvalue weighted by atomic mass is 16.6. The van der Waals surface area contributed by atoms with Gasteiger partial charge in [0.25, 0.3) is 0 Å². The molecule has 124 valence electrons. The van der Waals surface area contributed by atoms with Crippen LogP contribution < -0.4 is 0 Å². The van der Waals surface area contributed by atoms with Gasteiger partial charge in [0.1, 0.15) is 0 Å². The highest BCUT2D eigenvalue weighted by molar-refractivity contribution is 5.82. The molecule has 5 heteroatoms. The van der Waals surface area contributed by atoms with E-state index < -0.39 is 0 Å². The van der Waals surface area contributed by atoms with Gasteiger partial charge < -0.3 is 14.5 Å². The first kappa shape index (κ1) is 15.8. The van der Waals surface area contributed by atoms with E-state index in [4.69, 9.17) is 4.74 Å². The van der Waals surface area contributed by atoms with Gasteiger partial charge in [-0.3, -0.25) is 4.79 Å². The Morgan fingerprint density at radius 3 is 2.74 bits per heavy atom. The SMILES string of the molecule is Cc1ccccc1CN1C(=O)C[C@H]2[C@@H]1CCN2C(=O)OC(C)C. The van der Waals surface area contributed by atoms with E-state index in [-0.39, 0.29) is 30.2 Å². The van der Waals surface area contributed by atoms with Crippen molar-refractivity contribution in [2.24, 2.45) is 0 Å². The fourth-order valence-electron chi connectivity index (χ4n) is 3.60. The number of amides is 2. The van der Waals surface area contributed by atoms with Crippen molar-refractivity contribution in [2.45, 2.75) is 58.3 Å². The number of rotatable bonds is 3. The fourth-order valence-corrected chi connectivity index (χ4v) is 3.60. The highest BCUT2D eigenvalue weighted by Crippen LogP contribution is 2.34.